The summed E-state index contributed by atoms with van der Waals surface area (Å²) < 4.78 is 0. The van der Waals surface area contributed by atoms with Crippen molar-refractivity contribution in [3.63, 3.8) is 0 Å². The number of hydrogen-bond acceptors (Lipinski definition) is 1. The Balaban J connectivity index is 1.84. The van der Waals surface area contributed by atoms with Crippen molar-refractivity contribution < 1.29 is 0 Å². The van der Waals surface area contributed by atoms with Crippen LogP contribution in [0.15, 0.2) is 103 Å². The maximum absolute atomic E-state index is 2.41. The van der Waals surface area contributed by atoms with Gasteiger partial charge in [-0.25, -0.2) is 0 Å². The lowest BCUT2D eigenvalue weighted by Gasteiger charge is -2.26. The predicted octanol–water partition coefficient (Wildman–Crippen LogP) is 6.99. The Morgan fingerprint density at radius 2 is 1.16 bits per heavy atom. The fourth-order valence-electron chi connectivity index (χ4n) is 3.28. The number of rotatable bonds is 3. The molecular formula is C24H20S. The van der Waals surface area contributed by atoms with Crippen molar-refractivity contribution in [2.24, 2.45) is 0 Å². The van der Waals surface area contributed by atoms with Crippen LogP contribution in [0.1, 0.15) is 29.5 Å². The van der Waals surface area contributed by atoms with E-state index in [9.17, 15) is 0 Å². The van der Waals surface area contributed by atoms with Crippen LogP contribution in [-0.4, -0.2) is 0 Å². The van der Waals surface area contributed by atoms with Gasteiger partial charge in [0, 0.05) is 15.7 Å². The van der Waals surface area contributed by atoms with Crippen LogP contribution < -0.4 is 0 Å². The molecule has 0 saturated carbocycles. The monoisotopic (exact) mass is 340 g/mol. The molecule has 0 nitrogen and oxygen atoms in total. The molecule has 3 aromatic carbocycles. The summed E-state index contributed by atoms with van der Waals surface area (Å²) >= 11 is 1.88. The van der Waals surface area contributed by atoms with Crippen molar-refractivity contribution in [2.75, 3.05) is 0 Å². The molecular weight excluding hydrogens is 320 g/mol. The highest BCUT2D eigenvalue weighted by molar-refractivity contribution is 8.16. The molecule has 0 N–H and O–H groups in total. The van der Waals surface area contributed by atoms with Gasteiger partial charge in [-0.1, -0.05) is 109 Å². The van der Waals surface area contributed by atoms with Gasteiger partial charge in [-0.15, -0.1) is 0 Å². The highest BCUT2D eigenvalue weighted by atomic mass is 32.2. The van der Waals surface area contributed by atoms with Gasteiger partial charge in [0.1, 0.15) is 0 Å². The van der Waals surface area contributed by atoms with E-state index in [1.807, 2.05) is 11.8 Å². The molecule has 0 saturated heterocycles. The molecule has 1 unspecified atom stereocenters. The van der Waals surface area contributed by atoms with Crippen LogP contribution >= 0.6 is 11.8 Å². The molecule has 0 radical (unpaired) electrons. The lowest BCUT2D eigenvalue weighted by atomic mass is 9.89. The smallest absolute Gasteiger partial charge is 0.0254 e. The maximum atomic E-state index is 2.41. The predicted molar refractivity (Wildman–Crippen MR) is 110 cm³/mol. The van der Waals surface area contributed by atoms with Gasteiger partial charge in [0.25, 0.3) is 0 Å². The summed E-state index contributed by atoms with van der Waals surface area (Å²) in [5.41, 5.74) is 5.35. The van der Waals surface area contributed by atoms with E-state index >= 15 is 0 Å². The minimum Gasteiger partial charge on any atom is -0.0892 e. The van der Waals surface area contributed by atoms with Crippen molar-refractivity contribution in [3.8, 4) is 0 Å². The quantitative estimate of drug-likeness (QED) is 0.495. The Morgan fingerprint density at radius 1 is 0.640 bits per heavy atom. The highest BCUT2D eigenvalue weighted by Gasteiger charge is 2.23. The lowest BCUT2D eigenvalue weighted by Crippen LogP contribution is -2.04. The first-order valence-corrected chi connectivity index (χ1v) is 9.41. The first-order chi connectivity index (χ1) is 12.3. The summed E-state index contributed by atoms with van der Waals surface area (Å²) in [5, 5.41) is 0. The normalized spacial score (nSPS) is 17.3. The van der Waals surface area contributed by atoms with Gasteiger partial charge in [0.15, 0.2) is 0 Å². The SMILES string of the molecule is CC1=C(c2ccccc2)SC(c2ccccc2)=CC1c1ccccc1. The first kappa shape index (κ1) is 16.0. The van der Waals surface area contributed by atoms with Crippen LogP contribution in [0.3, 0.4) is 0 Å². The van der Waals surface area contributed by atoms with Crippen molar-refractivity contribution in [1.82, 2.24) is 0 Å². The Hall–Kier alpha value is -2.51. The van der Waals surface area contributed by atoms with E-state index in [-0.39, 0.29) is 0 Å². The molecule has 1 heterocycles. The molecule has 0 amide bonds. The standard InChI is InChI=1S/C24H20S/c1-18-22(19-11-5-2-6-12-19)17-23(20-13-7-3-8-14-20)25-24(18)21-15-9-4-10-16-21/h2-17,22H,1H3. The molecule has 0 aromatic heterocycles. The minimum atomic E-state index is 0.313. The molecule has 0 spiro atoms. The van der Waals surface area contributed by atoms with Crippen molar-refractivity contribution in [2.45, 2.75) is 12.8 Å². The molecule has 1 heteroatoms. The van der Waals surface area contributed by atoms with E-state index in [1.165, 1.54) is 32.1 Å². The Kier molecular flexibility index (Phi) is 4.58. The Labute approximate surface area is 153 Å². The Bertz CT molecular complexity index is 906. The van der Waals surface area contributed by atoms with Gasteiger partial charge in [0.2, 0.25) is 0 Å². The zero-order valence-electron chi connectivity index (χ0n) is 14.2. The summed E-state index contributed by atoms with van der Waals surface area (Å²) in [7, 11) is 0. The molecule has 3 aromatic rings. The van der Waals surface area contributed by atoms with E-state index in [2.05, 4.69) is 104 Å². The molecule has 122 valence electrons. The molecule has 0 fully saturated rings. The van der Waals surface area contributed by atoms with E-state index in [0.29, 0.717) is 5.92 Å². The third-order valence-electron chi connectivity index (χ3n) is 4.61. The molecule has 1 aliphatic heterocycles. The summed E-state index contributed by atoms with van der Waals surface area (Å²) in [6.45, 7) is 2.27. The number of thioether (sulfide) groups is 1. The van der Waals surface area contributed by atoms with Crippen molar-refractivity contribution >= 4 is 21.6 Å². The number of hydrogen-bond donors (Lipinski definition) is 0. The second-order valence-corrected chi connectivity index (χ2v) is 7.32. The van der Waals surface area contributed by atoms with E-state index in [0.717, 1.165) is 0 Å². The van der Waals surface area contributed by atoms with Crippen LogP contribution in [0, 0.1) is 0 Å². The third-order valence-corrected chi connectivity index (χ3v) is 5.96. The van der Waals surface area contributed by atoms with E-state index in [4.69, 9.17) is 0 Å². The zero-order valence-corrected chi connectivity index (χ0v) is 15.0. The summed E-state index contributed by atoms with van der Waals surface area (Å²) in [4.78, 5) is 2.70. The molecule has 1 atom stereocenters. The molecule has 0 aliphatic carbocycles. The van der Waals surface area contributed by atoms with E-state index in [1.54, 1.807) is 0 Å². The topological polar surface area (TPSA) is 0 Å². The fraction of sp³-hybridized carbons (Fsp3) is 0.0833. The molecule has 0 bridgehead atoms. The lowest BCUT2D eigenvalue weighted by molar-refractivity contribution is 0.999. The van der Waals surface area contributed by atoms with Gasteiger partial charge in [-0.05, 0) is 29.2 Å². The largest absolute Gasteiger partial charge is 0.0892 e. The number of benzene rings is 3. The van der Waals surface area contributed by atoms with Gasteiger partial charge >= 0.3 is 0 Å². The second-order valence-electron chi connectivity index (χ2n) is 6.27. The van der Waals surface area contributed by atoms with Gasteiger partial charge < -0.3 is 0 Å². The van der Waals surface area contributed by atoms with Crippen molar-refractivity contribution in [3.05, 3.63) is 119 Å². The fourth-order valence-corrected chi connectivity index (χ4v) is 4.50. The zero-order chi connectivity index (χ0) is 17.1. The van der Waals surface area contributed by atoms with Gasteiger partial charge in [0.05, 0.1) is 0 Å². The first-order valence-electron chi connectivity index (χ1n) is 8.59. The summed E-state index contributed by atoms with van der Waals surface area (Å²) in [6, 6.07) is 32.2. The van der Waals surface area contributed by atoms with Gasteiger partial charge in [-0.3, -0.25) is 0 Å². The van der Waals surface area contributed by atoms with Crippen LogP contribution in [0.2, 0.25) is 0 Å². The molecule has 25 heavy (non-hydrogen) atoms. The second kappa shape index (κ2) is 7.16. The average Bonchev–Trinajstić information content (AvgIpc) is 2.70. The van der Waals surface area contributed by atoms with Crippen LogP contribution in [0.4, 0.5) is 0 Å². The van der Waals surface area contributed by atoms with Crippen LogP contribution in [-0.2, 0) is 0 Å². The van der Waals surface area contributed by atoms with Crippen molar-refractivity contribution in [1.29, 1.82) is 0 Å². The average molecular weight is 340 g/mol. The maximum Gasteiger partial charge on any atom is 0.0254 e. The van der Waals surface area contributed by atoms with Crippen LogP contribution in [0.25, 0.3) is 9.81 Å². The summed E-state index contributed by atoms with van der Waals surface area (Å²) in [6.07, 6.45) is 2.41. The molecule has 1 aliphatic rings. The Morgan fingerprint density at radius 3 is 1.76 bits per heavy atom. The number of allylic oxidation sites excluding steroid dienone is 2. The highest BCUT2D eigenvalue weighted by Crippen LogP contribution is 2.49. The van der Waals surface area contributed by atoms with Gasteiger partial charge in [-0.2, -0.15) is 0 Å². The minimum absolute atomic E-state index is 0.313. The third kappa shape index (κ3) is 3.33. The summed E-state index contributed by atoms with van der Waals surface area (Å²) in [5.74, 6) is 0.313. The molecule has 4 rings (SSSR count). The van der Waals surface area contributed by atoms with E-state index < -0.39 is 0 Å². The van der Waals surface area contributed by atoms with Crippen LogP contribution in [0.5, 0.6) is 0 Å².